The van der Waals surface area contributed by atoms with E-state index in [1.807, 2.05) is 6.07 Å². The van der Waals surface area contributed by atoms with Gasteiger partial charge in [-0.15, -0.1) is 14.8 Å². The molecular formula is C10H12N6O2. The van der Waals surface area contributed by atoms with Gasteiger partial charge in [-0.3, -0.25) is 4.79 Å². The molecular weight excluding hydrogens is 236 g/mol. The lowest BCUT2D eigenvalue weighted by Crippen LogP contribution is -2.37. The van der Waals surface area contributed by atoms with E-state index in [-0.39, 0.29) is 5.92 Å². The molecule has 0 spiro atoms. The second-order valence-corrected chi connectivity index (χ2v) is 4.32. The lowest BCUT2D eigenvalue weighted by atomic mass is 9.97. The third-order valence-electron chi connectivity index (χ3n) is 3.22. The molecule has 0 aliphatic carbocycles. The highest BCUT2D eigenvalue weighted by Gasteiger charge is 2.25. The van der Waals surface area contributed by atoms with Gasteiger partial charge in [0.25, 0.3) is 0 Å². The lowest BCUT2D eigenvalue weighted by Gasteiger charge is -2.30. The summed E-state index contributed by atoms with van der Waals surface area (Å²) in [6.45, 7) is 1.38. The van der Waals surface area contributed by atoms with Gasteiger partial charge in [0.15, 0.2) is 11.5 Å². The Labute approximate surface area is 102 Å². The van der Waals surface area contributed by atoms with Crippen LogP contribution in [-0.2, 0) is 4.79 Å². The Morgan fingerprint density at radius 2 is 2.11 bits per heavy atom. The molecule has 3 heterocycles. The van der Waals surface area contributed by atoms with Gasteiger partial charge < -0.3 is 10.0 Å². The number of anilines is 1. The summed E-state index contributed by atoms with van der Waals surface area (Å²) >= 11 is 0. The Morgan fingerprint density at radius 1 is 1.33 bits per heavy atom. The average molecular weight is 248 g/mol. The van der Waals surface area contributed by atoms with E-state index in [0.717, 1.165) is 5.82 Å². The summed E-state index contributed by atoms with van der Waals surface area (Å²) in [4.78, 5) is 12.9. The number of carboxylic acid groups (broad SMARTS) is 1. The van der Waals surface area contributed by atoms with Gasteiger partial charge in [-0.25, -0.2) is 0 Å². The van der Waals surface area contributed by atoms with Crippen molar-refractivity contribution in [1.82, 2.24) is 25.3 Å². The van der Waals surface area contributed by atoms with Crippen LogP contribution < -0.4 is 4.90 Å². The van der Waals surface area contributed by atoms with Gasteiger partial charge >= 0.3 is 5.97 Å². The van der Waals surface area contributed by atoms with Crippen LogP contribution in [0.2, 0.25) is 0 Å². The third-order valence-corrected chi connectivity index (χ3v) is 3.22. The number of carboxylic acids is 1. The number of carbonyl (C=O) groups is 1. The molecule has 8 heteroatoms. The summed E-state index contributed by atoms with van der Waals surface area (Å²) in [6.07, 6.45) is 1.29. The van der Waals surface area contributed by atoms with Gasteiger partial charge in [0, 0.05) is 13.1 Å². The Hall–Kier alpha value is -2.25. The fourth-order valence-electron chi connectivity index (χ4n) is 2.16. The van der Waals surface area contributed by atoms with Crippen molar-refractivity contribution in [3.63, 3.8) is 0 Å². The van der Waals surface area contributed by atoms with Gasteiger partial charge in [-0.2, -0.15) is 0 Å². The van der Waals surface area contributed by atoms with Crippen LogP contribution in [0.15, 0.2) is 12.1 Å². The highest BCUT2D eigenvalue weighted by Crippen LogP contribution is 2.21. The molecule has 0 radical (unpaired) electrons. The van der Waals surface area contributed by atoms with Gasteiger partial charge in [-0.1, -0.05) is 0 Å². The van der Waals surface area contributed by atoms with Crippen LogP contribution in [0.4, 0.5) is 5.82 Å². The van der Waals surface area contributed by atoms with E-state index in [4.69, 9.17) is 5.11 Å². The molecule has 2 aromatic heterocycles. The number of hydrogen-bond donors (Lipinski definition) is 1. The van der Waals surface area contributed by atoms with Gasteiger partial charge in [0.05, 0.1) is 5.92 Å². The first-order chi connectivity index (χ1) is 8.74. The number of fused-ring (bicyclic) bond motifs is 1. The number of aliphatic carboxylic acids is 1. The minimum Gasteiger partial charge on any atom is -0.481 e. The largest absolute Gasteiger partial charge is 0.481 e. The number of hydrogen-bond acceptors (Lipinski definition) is 6. The van der Waals surface area contributed by atoms with Crippen molar-refractivity contribution in [2.24, 2.45) is 5.92 Å². The predicted molar refractivity (Wildman–Crippen MR) is 61.1 cm³/mol. The van der Waals surface area contributed by atoms with Crippen LogP contribution >= 0.6 is 0 Å². The van der Waals surface area contributed by atoms with Gasteiger partial charge in [0.2, 0.25) is 0 Å². The van der Waals surface area contributed by atoms with Crippen LogP contribution in [0.1, 0.15) is 12.8 Å². The first-order valence-corrected chi connectivity index (χ1v) is 5.77. The monoisotopic (exact) mass is 248 g/mol. The molecule has 0 atom stereocenters. The normalized spacial score (nSPS) is 17.2. The van der Waals surface area contributed by atoms with Crippen LogP contribution in [0.25, 0.3) is 5.65 Å². The van der Waals surface area contributed by atoms with Crippen molar-refractivity contribution >= 4 is 17.4 Å². The third kappa shape index (κ3) is 1.85. The first-order valence-electron chi connectivity index (χ1n) is 5.77. The number of aromatic nitrogens is 5. The molecule has 1 N–H and O–H groups in total. The fourth-order valence-corrected chi connectivity index (χ4v) is 2.16. The van der Waals surface area contributed by atoms with E-state index in [0.29, 0.717) is 31.6 Å². The maximum atomic E-state index is 10.9. The molecule has 0 bridgehead atoms. The summed E-state index contributed by atoms with van der Waals surface area (Å²) in [5.74, 6) is -0.171. The molecule has 0 unspecified atom stereocenters. The zero-order chi connectivity index (χ0) is 12.5. The van der Waals surface area contributed by atoms with Crippen molar-refractivity contribution in [3.8, 4) is 0 Å². The summed E-state index contributed by atoms with van der Waals surface area (Å²) in [5.41, 5.74) is 0.596. The van der Waals surface area contributed by atoms with E-state index in [9.17, 15) is 4.79 Å². The van der Waals surface area contributed by atoms with Crippen LogP contribution in [0.5, 0.6) is 0 Å². The second-order valence-electron chi connectivity index (χ2n) is 4.32. The number of rotatable bonds is 2. The van der Waals surface area contributed by atoms with Crippen molar-refractivity contribution in [2.45, 2.75) is 12.8 Å². The first kappa shape index (κ1) is 10.9. The molecule has 0 aromatic carbocycles. The van der Waals surface area contributed by atoms with Crippen LogP contribution in [0.3, 0.4) is 0 Å². The summed E-state index contributed by atoms with van der Waals surface area (Å²) < 4.78 is 1.37. The molecule has 18 heavy (non-hydrogen) atoms. The van der Waals surface area contributed by atoms with Crippen molar-refractivity contribution in [2.75, 3.05) is 18.0 Å². The molecule has 0 amide bonds. The molecule has 1 aliphatic rings. The molecule has 2 aromatic rings. The SMILES string of the molecule is O=C(O)C1CCN(c2ccc3nnnn3n2)CC1. The van der Waals surface area contributed by atoms with Crippen LogP contribution in [-0.4, -0.2) is 49.4 Å². The number of nitrogens with zero attached hydrogens (tertiary/aromatic N) is 6. The van der Waals surface area contributed by atoms with Crippen molar-refractivity contribution < 1.29 is 9.90 Å². The van der Waals surface area contributed by atoms with Crippen LogP contribution in [0, 0.1) is 5.92 Å². The Kier molecular flexibility index (Phi) is 2.54. The zero-order valence-electron chi connectivity index (χ0n) is 9.60. The summed E-state index contributed by atoms with van der Waals surface area (Å²) in [6, 6.07) is 3.65. The molecule has 8 nitrogen and oxygen atoms in total. The Morgan fingerprint density at radius 3 is 2.83 bits per heavy atom. The standard InChI is InChI=1S/C10H12N6O2/c17-10(18)7-3-5-15(6-4-7)9-2-1-8-11-13-14-16(8)12-9/h1-2,7H,3-6H2,(H,17,18). The molecule has 0 saturated carbocycles. The smallest absolute Gasteiger partial charge is 0.306 e. The summed E-state index contributed by atoms with van der Waals surface area (Å²) in [7, 11) is 0. The van der Waals surface area contributed by atoms with E-state index in [1.165, 1.54) is 4.63 Å². The minimum atomic E-state index is -0.710. The molecule has 1 fully saturated rings. The number of piperidine rings is 1. The zero-order valence-corrected chi connectivity index (χ0v) is 9.60. The van der Waals surface area contributed by atoms with Crippen molar-refractivity contribution in [3.05, 3.63) is 12.1 Å². The van der Waals surface area contributed by atoms with E-state index < -0.39 is 5.97 Å². The molecule has 94 valence electrons. The highest BCUT2D eigenvalue weighted by atomic mass is 16.4. The van der Waals surface area contributed by atoms with Gasteiger partial charge in [0.1, 0.15) is 0 Å². The highest BCUT2D eigenvalue weighted by molar-refractivity contribution is 5.70. The van der Waals surface area contributed by atoms with Gasteiger partial charge in [-0.05, 0) is 35.4 Å². The lowest BCUT2D eigenvalue weighted by molar-refractivity contribution is -0.142. The van der Waals surface area contributed by atoms with E-state index in [2.05, 4.69) is 25.5 Å². The van der Waals surface area contributed by atoms with Crippen molar-refractivity contribution in [1.29, 1.82) is 0 Å². The fraction of sp³-hybridized carbons (Fsp3) is 0.500. The maximum Gasteiger partial charge on any atom is 0.306 e. The minimum absolute atomic E-state index is 0.238. The molecule has 3 rings (SSSR count). The number of tetrazole rings is 1. The molecule has 1 aliphatic heterocycles. The Balaban J connectivity index is 1.77. The van der Waals surface area contributed by atoms with E-state index >= 15 is 0 Å². The molecule has 1 saturated heterocycles. The topological polar surface area (TPSA) is 96.5 Å². The average Bonchev–Trinajstić information content (AvgIpc) is 2.86. The Bertz CT molecular complexity index is 575. The van der Waals surface area contributed by atoms with E-state index in [1.54, 1.807) is 6.07 Å². The quantitative estimate of drug-likeness (QED) is 0.787. The maximum absolute atomic E-state index is 10.9. The summed E-state index contributed by atoms with van der Waals surface area (Å²) in [5, 5.41) is 24.3. The predicted octanol–water partition coefficient (Wildman–Crippen LogP) is -0.180. The second kappa shape index (κ2) is 4.21.